The summed E-state index contributed by atoms with van der Waals surface area (Å²) in [5.41, 5.74) is 8.87. The maximum absolute atomic E-state index is 13.1. The predicted molar refractivity (Wildman–Crippen MR) is 157 cm³/mol. The van der Waals surface area contributed by atoms with Crippen molar-refractivity contribution in [3.05, 3.63) is 125 Å². The van der Waals surface area contributed by atoms with Crippen molar-refractivity contribution >= 4 is 29.1 Å². The number of carbonyl (C=O) groups excluding carboxylic acids is 2. The van der Waals surface area contributed by atoms with Crippen LogP contribution in [0.5, 0.6) is 11.5 Å². The van der Waals surface area contributed by atoms with Gasteiger partial charge in [-0.2, -0.15) is 0 Å². The zero-order chi connectivity index (χ0) is 29.0. The molecular weight excluding hydrogens is 545 g/mol. The molecule has 0 aromatic heterocycles. The van der Waals surface area contributed by atoms with E-state index in [-0.39, 0.29) is 37.0 Å². The van der Waals surface area contributed by atoms with Gasteiger partial charge >= 0.3 is 0 Å². The second-order valence-electron chi connectivity index (χ2n) is 9.27. The topological polar surface area (TPSA) is 103 Å². The summed E-state index contributed by atoms with van der Waals surface area (Å²) in [5.74, 6) is 0.202. The van der Waals surface area contributed by atoms with Crippen LogP contribution in [0.1, 0.15) is 35.6 Å². The van der Waals surface area contributed by atoms with Gasteiger partial charge in [-0.25, -0.2) is 4.39 Å². The lowest BCUT2D eigenvalue weighted by Gasteiger charge is -2.19. The monoisotopic (exact) mass is 575 g/mol. The van der Waals surface area contributed by atoms with E-state index in [2.05, 4.69) is 10.6 Å². The van der Waals surface area contributed by atoms with Crippen molar-refractivity contribution in [2.75, 3.05) is 11.9 Å². The van der Waals surface area contributed by atoms with Crippen LogP contribution in [-0.2, 0) is 27.5 Å². The van der Waals surface area contributed by atoms with E-state index in [1.54, 1.807) is 30.3 Å². The van der Waals surface area contributed by atoms with E-state index < -0.39 is 6.10 Å². The lowest BCUT2D eigenvalue weighted by atomic mass is 10.0. The van der Waals surface area contributed by atoms with Crippen LogP contribution in [0.15, 0.2) is 97.1 Å². The first-order valence-electron chi connectivity index (χ1n) is 13.1. The Morgan fingerprint density at radius 1 is 0.878 bits per heavy atom. The molecule has 1 atom stereocenters. The summed E-state index contributed by atoms with van der Waals surface area (Å²) in [6.07, 6.45) is -0.391. The minimum atomic E-state index is -0.538. The number of benzene rings is 4. The summed E-state index contributed by atoms with van der Waals surface area (Å²) in [5, 5.41) is 6.11. The fraction of sp³-hybridized carbons (Fsp3) is 0.188. The van der Waals surface area contributed by atoms with Crippen molar-refractivity contribution in [1.82, 2.24) is 5.32 Å². The van der Waals surface area contributed by atoms with Gasteiger partial charge < -0.3 is 25.8 Å². The minimum Gasteiger partial charge on any atom is -0.457 e. The van der Waals surface area contributed by atoms with Crippen molar-refractivity contribution in [2.45, 2.75) is 32.1 Å². The first kappa shape index (κ1) is 29.7. The van der Waals surface area contributed by atoms with Crippen molar-refractivity contribution in [3.63, 3.8) is 0 Å². The maximum Gasteiger partial charge on any atom is 0.226 e. The average molecular weight is 576 g/mol. The largest absolute Gasteiger partial charge is 0.457 e. The number of nitrogens with one attached hydrogen (secondary N) is 2. The highest BCUT2D eigenvalue weighted by Crippen LogP contribution is 2.28. The van der Waals surface area contributed by atoms with Gasteiger partial charge in [0.2, 0.25) is 11.8 Å². The third-order valence-electron chi connectivity index (χ3n) is 6.20. The number of rotatable bonds is 13. The number of ether oxygens (including phenoxy) is 2. The zero-order valence-corrected chi connectivity index (χ0v) is 23.1. The van der Waals surface area contributed by atoms with Gasteiger partial charge in [-0.05, 0) is 71.3 Å². The summed E-state index contributed by atoms with van der Waals surface area (Å²) in [6.45, 7) is 0.797. The third kappa shape index (κ3) is 9.42. The van der Waals surface area contributed by atoms with Crippen LogP contribution in [0.3, 0.4) is 0 Å². The summed E-state index contributed by atoms with van der Waals surface area (Å²) in [7, 11) is 0. The van der Waals surface area contributed by atoms with Crippen LogP contribution in [0.4, 0.5) is 10.1 Å². The number of carbonyl (C=O) groups is 2. The van der Waals surface area contributed by atoms with Crippen molar-refractivity contribution < 1.29 is 23.5 Å². The molecule has 4 aromatic carbocycles. The SMILES string of the molecule is NCc1ccc([C@H](CC(=O)NCCC(=O)Nc2ccc(Oc3ccc(F)cc3)cc2)OCc2ccccc2)cc1Cl. The Hall–Kier alpha value is -4.24. The van der Waals surface area contributed by atoms with Gasteiger partial charge in [0.15, 0.2) is 0 Å². The number of anilines is 1. The van der Waals surface area contributed by atoms with Crippen molar-refractivity contribution in [1.29, 1.82) is 0 Å². The highest BCUT2D eigenvalue weighted by atomic mass is 35.5. The molecule has 212 valence electrons. The second-order valence-corrected chi connectivity index (χ2v) is 9.68. The molecule has 0 fully saturated rings. The summed E-state index contributed by atoms with van der Waals surface area (Å²) in [6, 6.07) is 27.6. The van der Waals surface area contributed by atoms with E-state index >= 15 is 0 Å². The van der Waals surface area contributed by atoms with E-state index in [9.17, 15) is 14.0 Å². The highest BCUT2D eigenvalue weighted by molar-refractivity contribution is 6.31. The molecule has 9 heteroatoms. The Morgan fingerprint density at radius 2 is 1.56 bits per heavy atom. The van der Waals surface area contributed by atoms with Crippen LogP contribution in [0.2, 0.25) is 5.02 Å². The van der Waals surface area contributed by atoms with Crippen LogP contribution in [0, 0.1) is 5.82 Å². The lowest BCUT2D eigenvalue weighted by molar-refractivity contribution is -0.124. The Bertz CT molecular complexity index is 1430. The van der Waals surface area contributed by atoms with Gasteiger partial charge in [0.25, 0.3) is 0 Å². The molecule has 0 saturated carbocycles. The number of amides is 2. The third-order valence-corrected chi connectivity index (χ3v) is 6.55. The number of hydrogen-bond donors (Lipinski definition) is 3. The van der Waals surface area contributed by atoms with E-state index in [1.807, 2.05) is 42.5 Å². The molecule has 0 unspecified atom stereocenters. The van der Waals surface area contributed by atoms with Gasteiger partial charge in [-0.3, -0.25) is 9.59 Å². The fourth-order valence-corrected chi connectivity index (χ4v) is 4.26. The highest BCUT2D eigenvalue weighted by Gasteiger charge is 2.18. The summed E-state index contributed by atoms with van der Waals surface area (Å²) in [4.78, 5) is 25.2. The summed E-state index contributed by atoms with van der Waals surface area (Å²) < 4.78 is 24.8. The molecular formula is C32H31ClFN3O4. The van der Waals surface area contributed by atoms with Gasteiger partial charge in [-0.1, -0.05) is 54.1 Å². The Balaban J connectivity index is 1.26. The molecule has 0 aliphatic heterocycles. The van der Waals surface area contributed by atoms with E-state index in [1.165, 1.54) is 24.3 Å². The number of hydrogen-bond acceptors (Lipinski definition) is 5. The molecule has 0 aliphatic carbocycles. The van der Waals surface area contributed by atoms with Crippen molar-refractivity contribution in [2.24, 2.45) is 5.73 Å². The van der Waals surface area contributed by atoms with Crippen molar-refractivity contribution in [3.8, 4) is 11.5 Å². The van der Waals surface area contributed by atoms with E-state index in [4.69, 9.17) is 26.8 Å². The normalized spacial score (nSPS) is 11.5. The Kier molecular flexibility index (Phi) is 10.8. The molecule has 4 aromatic rings. The fourth-order valence-electron chi connectivity index (χ4n) is 4.00. The van der Waals surface area contributed by atoms with E-state index in [0.717, 1.165) is 16.7 Å². The molecule has 2 amide bonds. The molecule has 0 bridgehead atoms. The maximum atomic E-state index is 13.1. The number of halogens is 2. The first-order valence-corrected chi connectivity index (χ1v) is 13.5. The second kappa shape index (κ2) is 14.9. The standard InChI is InChI=1S/C32H31ClFN3O4/c33-29-18-23(6-7-24(29)20-35)30(40-21-22-4-2-1-3-5-22)19-32(39)36-17-16-31(38)37-26-10-14-28(15-11-26)41-27-12-8-25(34)9-13-27/h1-15,18,30H,16-17,19-21,35H2,(H,36,39)(H,37,38)/t30-/m0/s1. The first-order chi connectivity index (χ1) is 19.9. The quantitative estimate of drug-likeness (QED) is 0.168. The Morgan fingerprint density at radius 3 is 2.22 bits per heavy atom. The van der Waals surface area contributed by atoms with Crippen LogP contribution in [-0.4, -0.2) is 18.4 Å². The number of nitrogens with two attached hydrogens (primary N) is 1. The van der Waals surface area contributed by atoms with Gasteiger partial charge in [0, 0.05) is 30.2 Å². The molecule has 0 aliphatic rings. The van der Waals surface area contributed by atoms with Crippen LogP contribution < -0.4 is 21.1 Å². The molecule has 4 rings (SSSR count). The zero-order valence-electron chi connectivity index (χ0n) is 22.3. The molecule has 0 radical (unpaired) electrons. The molecule has 7 nitrogen and oxygen atoms in total. The smallest absolute Gasteiger partial charge is 0.226 e. The molecule has 0 saturated heterocycles. The lowest BCUT2D eigenvalue weighted by Crippen LogP contribution is -2.29. The molecule has 0 heterocycles. The van der Waals surface area contributed by atoms with Gasteiger partial charge in [0.05, 0.1) is 19.1 Å². The van der Waals surface area contributed by atoms with Crippen LogP contribution in [0.25, 0.3) is 0 Å². The van der Waals surface area contributed by atoms with Gasteiger partial charge in [0.1, 0.15) is 17.3 Å². The summed E-state index contributed by atoms with van der Waals surface area (Å²) >= 11 is 6.36. The predicted octanol–water partition coefficient (Wildman–Crippen LogP) is 6.52. The van der Waals surface area contributed by atoms with Crippen LogP contribution >= 0.6 is 11.6 Å². The minimum absolute atomic E-state index is 0.0578. The Labute approximate surface area is 243 Å². The van der Waals surface area contributed by atoms with Gasteiger partial charge in [-0.15, -0.1) is 0 Å². The molecule has 4 N–H and O–H groups in total. The molecule has 0 spiro atoms. The van der Waals surface area contributed by atoms with E-state index in [0.29, 0.717) is 35.4 Å². The molecule has 41 heavy (non-hydrogen) atoms. The average Bonchev–Trinajstić information content (AvgIpc) is 2.98.